The summed E-state index contributed by atoms with van der Waals surface area (Å²) in [7, 11) is 0. The van der Waals surface area contributed by atoms with Gasteiger partial charge in [-0.1, -0.05) is 183 Å². The van der Waals surface area contributed by atoms with E-state index in [2.05, 4.69) is 258 Å². The van der Waals surface area contributed by atoms with Gasteiger partial charge in [0.2, 0.25) is 0 Å². The number of fused-ring (bicyclic) bond motifs is 9. The molecule has 2 aliphatic heterocycles. The predicted octanol–water partition coefficient (Wildman–Crippen LogP) is 16.3. The van der Waals surface area contributed by atoms with Crippen LogP contribution in [0.25, 0.3) is 66.0 Å². The maximum absolute atomic E-state index is 4.34. The Kier molecular flexibility index (Phi) is 8.99. The molecule has 0 saturated heterocycles. The van der Waals surface area contributed by atoms with Gasteiger partial charge in [-0.05, 0) is 154 Å². The van der Waals surface area contributed by atoms with Gasteiger partial charge in [-0.15, -0.1) is 0 Å². The number of nitrogens with zero attached hydrogens (tertiary/aromatic N) is 3. The minimum atomic E-state index is -0.116. The monoisotopic (exact) mass is 889 g/mol. The fraction of sp³-hybridized carbons (Fsp3) is 0. The van der Waals surface area contributed by atoms with Crippen LogP contribution >= 0.6 is 0 Å². The van der Waals surface area contributed by atoms with Crippen LogP contribution in [0.15, 0.2) is 244 Å². The van der Waals surface area contributed by atoms with Crippen molar-refractivity contribution < 1.29 is 0 Å². The van der Waals surface area contributed by atoms with Crippen molar-refractivity contribution in [1.29, 1.82) is 0 Å². The van der Waals surface area contributed by atoms with Crippen molar-refractivity contribution in [2.45, 2.75) is 0 Å². The molecule has 0 saturated carbocycles. The Balaban J connectivity index is 1.14. The van der Waals surface area contributed by atoms with Gasteiger partial charge in [0.05, 0.1) is 5.69 Å². The molecule has 0 atom stereocenters. The van der Waals surface area contributed by atoms with Crippen molar-refractivity contribution >= 4 is 140 Å². The average Bonchev–Trinajstić information content (AvgIpc) is 3.41. The fourth-order valence-electron chi connectivity index (χ4n) is 11.5. The van der Waals surface area contributed by atoms with Gasteiger partial charge >= 0.3 is 0 Å². The Morgan fingerprint density at radius 3 is 1.16 bits per heavy atom. The zero-order valence-electron chi connectivity index (χ0n) is 38.4. The van der Waals surface area contributed by atoms with E-state index in [-0.39, 0.29) is 6.71 Å². The lowest BCUT2D eigenvalue weighted by Gasteiger charge is -2.45. The van der Waals surface area contributed by atoms with Crippen LogP contribution in [-0.4, -0.2) is 6.71 Å². The Bertz CT molecular complexity index is 4090. The number of hydrogen-bond acceptors (Lipinski definition) is 3. The molecule has 0 N–H and O–H groups in total. The first-order chi connectivity index (χ1) is 34.6. The summed E-state index contributed by atoms with van der Waals surface area (Å²) in [6.45, 7) is 8.56. The number of benzene rings is 12. The summed E-state index contributed by atoms with van der Waals surface area (Å²) >= 11 is 0. The van der Waals surface area contributed by atoms with Gasteiger partial charge in [0.1, 0.15) is 0 Å². The summed E-state index contributed by atoms with van der Waals surface area (Å²) in [6, 6.07) is 85.5. The van der Waals surface area contributed by atoms with E-state index >= 15 is 0 Å². The number of rotatable bonds is 7. The first-order valence-corrected chi connectivity index (χ1v) is 24.1. The molecule has 326 valence electrons. The zero-order chi connectivity index (χ0) is 46.5. The summed E-state index contributed by atoms with van der Waals surface area (Å²) in [5.41, 5.74) is 15.8. The second-order valence-corrected chi connectivity index (χ2v) is 18.7. The summed E-state index contributed by atoms with van der Waals surface area (Å²) in [6.07, 6.45) is 3.95. The van der Waals surface area contributed by atoms with Crippen molar-refractivity contribution in [1.82, 2.24) is 0 Å². The largest absolute Gasteiger partial charge is 0.311 e. The molecule has 3 nitrogen and oxygen atoms in total. The molecule has 12 aromatic rings. The van der Waals surface area contributed by atoms with Crippen LogP contribution < -0.4 is 31.1 Å². The van der Waals surface area contributed by atoms with Crippen molar-refractivity contribution in [3.8, 4) is 0 Å². The topological polar surface area (TPSA) is 9.72 Å². The molecule has 12 aromatic carbocycles. The lowest BCUT2D eigenvalue weighted by molar-refractivity contribution is 1.23. The second-order valence-electron chi connectivity index (χ2n) is 18.7. The van der Waals surface area contributed by atoms with E-state index in [9.17, 15) is 0 Å². The molecule has 0 amide bonds. The first kappa shape index (κ1) is 40.0. The lowest BCUT2D eigenvalue weighted by Crippen LogP contribution is -2.61. The van der Waals surface area contributed by atoms with Crippen molar-refractivity contribution in [3.63, 3.8) is 0 Å². The van der Waals surface area contributed by atoms with Crippen LogP contribution in [0.5, 0.6) is 0 Å². The second kappa shape index (κ2) is 15.7. The standard InChI is InChI=1S/C66H44BN3/c1-3-43-37-60-62(39-44(43)4-2)69(57-31-27-47-17-7-11-21-51(47)35-57)64-41-59(68(55-29-25-45-15-5-9-19-49(45)33-55)56-30-26-46-16-6-10-20-50(46)34-56)42-65-66(64)67(60)61-38-53-23-13-14-24-54(53)40-63(61)70(65)58-32-28-48-18-8-12-22-52(48)36-58/h3-42H,1-2H2. The summed E-state index contributed by atoms with van der Waals surface area (Å²) < 4.78 is 0. The van der Waals surface area contributed by atoms with Gasteiger partial charge < -0.3 is 14.7 Å². The maximum atomic E-state index is 4.34. The molecule has 0 fully saturated rings. The predicted molar refractivity (Wildman–Crippen MR) is 303 cm³/mol. The summed E-state index contributed by atoms with van der Waals surface area (Å²) in [4.78, 5) is 7.52. The van der Waals surface area contributed by atoms with E-state index in [0.29, 0.717) is 0 Å². The molecule has 2 heterocycles. The van der Waals surface area contributed by atoms with Gasteiger partial charge in [-0.25, -0.2) is 0 Å². The number of anilines is 9. The van der Waals surface area contributed by atoms with Gasteiger partial charge in [-0.3, -0.25) is 0 Å². The molecule has 4 heteroatoms. The van der Waals surface area contributed by atoms with Crippen LogP contribution in [0.3, 0.4) is 0 Å². The van der Waals surface area contributed by atoms with E-state index in [1.54, 1.807) is 0 Å². The van der Waals surface area contributed by atoms with Crippen LogP contribution in [0.2, 0.25) is 0 Å². The minimum absolute atomic E-state index is 0.116. The van der Waals surface area contributed by atoms with Gasteiger partial charge in [0.15, 0.2) is 0 Å². The summed E-state index contributed by atoms with van der Waals surface area (Å²) in [5.74, 6) is 0. The van der Waals surface area contributed by atoms with Crippen LogP contribution in [0.1, 0.15) is 11.1 Å². The molecule has 0 spiro atoms. The molecule has 2 aliphatic rings. The van der Waals surface area contributed by atoms with Crippen molar-refractivity contribution in [3.05, 3.63) is 255 Å². The highest BCUT2D eigenvalue weighted by Crippen LogP contribution is 2.50. The van der Waals surface area contributed by atoms with Gasteiger partial charge in [-0.2, -0.15) is 0 Å². The van der Waals surface area contributed by atoms with Crippen molar-refractivity contribution in [2.24, 2.45) is 0 Å². The molecular formula is C66H44BN3. The maximum Gasteiger partial charge on any atom is 0.252 e. The highest BCUT2D eigenvalue weighted by molar-refractivity contribution is 7.00. The van der Waals surface area contributed by atoms with E-state index in [1.165, 1.54) is 70.3 Å². The Morgan fingerprint density at radius 2 is 0.686 bits per heavy atom. The molecule has 0 bridgehead atoms. The third kappa shape index (κ3) is 6.24. The first-order valence-electron chi connectivity index (χ1n) is 24.1. The fourth-order valence-corrected chi connectivity index (χ4v) is 11.5. The van der Waals surface area contributed by atoms with Gasteiger partial charge in [0.25, 0.3) is 6.71 Å². The van der Waals surface area contributed by atoms with Crippen LogP contribution in [-0.2, 0) is 0 Å². The lowest BCUT2D eigenvalue weighted by atomic mass is 9.33. The summed E-state index contributed by atoms with van der Waals surface area (Å²) in [5, 5.41) is 12.0. The Labute approximate surface area is 407 Å². The highest BCUT2D eigenvalue weighted by Gasteiger charge is 2.44. The number of hydrogen-bond donors (Lipinski definition) is 0. The zero-order valence-corrected chi connectivity index (χ0v) is 38.4. The van der Waals surface area contributed by atoms with E-state index < -0.39 is 0 Å². The van der Waals surface area contributed by atoms with E-state index in [4.69, 9.17) is 0 Å². The van der Waals surface area contributed by atoms with Crippen molar-refractivity contribution in [2.75, 3.05) is 14.7 Å². The third-order valence-electron chi connectivity index (χ3n) is 14.8. The SMILES string of the molecule is C=Cc1cc2c(cc1C=C)N(c1ccc3ccccc3c1)c1cc(N(c3ccc4ccccc4c3)c3ccc4ccccc4c3)cc3c1B2c1cc2ccccc2cc1N3c1ccc2ccccc2c1. The highest BCUT2D eigenvalue weighted by atomic mass is 15.2. The quantitative estimate of drug-likeness (QED) is 0.148. The molecular weight excluding hydrogens is 846 g/mol. The molecule has 0 unspecified atom stereocenters. The third-order valence-corrected chi connectivity index (χ3v) is 14.8. The Hall–Kier alpha value is -9.12. The molecule has 0 radical (unpaired) electrons. The van der Waals surface area contributed by atoms with E-state index in [0.717, 1.165) is 62.3 Å². The molecule has 0 aromatic heterocycles. The van der Waals surface area contributed by atoms with Gasteiger partial charge in [0, 0.05) is 45.5 Å². The Morgan fingerprint density at radius 1 is 0.314 bits per heavy atom. The molecule has 70 heavy (non-hydrogen) atoms. The van der Waals surface area contributed by atoms with Crippen LogP contribution in [0, 0.1) is 0 Å². The van der Waals surface area contributed by atoms with Crippen LogP contribution in [0.4, 0.5) is 51.2 Å². The van der Waals surface area contributed by atoms with E-state index in [1.807, 2.05) is 12.2 Å². The smallest absolute Gasteiger partial charge is 0.252 e. The normalized spacial score (nSPS) is 12.6. The molecule has 14 rings (SSSR count). The average molecular weight is 890 g/mol. The minimum Gasteiger partial charge on any atom is -0.311 e. The molecule has 0 aliphatic carbocycles.